The molecule has 1 N–H and O–H groups in total. The van der Waals surface area contributed by atoms with E-state index in [-0.39, 0.29) is 30.1 Å². The maximum atomic E-state index is 13.4. The van der Waals surface area contributed by atoms with Gasteiger partial charge in [0.15, 0.2) is 11.9 Å². The number of anilines is 1. The van der Waals surface area contributed by atoms with Crippen molar-refractivity contribution >= 4 is 40.8 Å². The van der Waals surface area contributed by atoms with Gasteiger partial charge >= 0.3 is 5.97 Å². The number of hydrogen-bond acceptors (Lipinski definition) is 8. The maximum absolute atomic E-state index is 13.4. The van der Waals surface area contributed by atoms with Crippen molar-refractivity contribution in [3.8, 4) is 0 Å². The number of nitrogens with zero attached hydrogens (tertiary/aromatic N) is 1. The fraction of sp³-hybridized carbons (Fsp3) is 0.742. The summed E-state index contributed by atoms with van der Waals surface area (Å²) in [6.07, 6.45) is 3.12. The van der Waals surface area contributed by atoms with Crippen LogP contribution in [0.3, 0.4) is 0 Å². The zero-order valence-corrected chi connectivity index (χ0v) is 26.5. The lowest BCUT2D eigenvalue weighted by Crippen LogP contribution is -2.70. The van der Waals surface area contributed by atoms with Gasteiger partial charge in [-0.05, 0) is 61.6 Å². The average molecular weight is 628 g/mol. The number of alkyl halides is 2. The Bertz CT molecular complexity index is 1100. The topological polar surface area (TPSA) is 95.6 Å². The minimum Gasteiger partial charge on any atom is -0.467 e. The van der Waals surface area contributed by atoms with Crippen LogP contribution >= 0.6 is 23.2 Å². The van der Waals surface area contributed by atoms with Gasteiger partial charge in [0.05, 0.1) is 19.6 Å². The van der Waals surface area contributed by atoms with Crippen molar-refractivity contribution in [3.05, 3.63) is 29.8 Å². The molecule has 4 saturated heterocycles. The quantitative estimate of drug-likeness (QED) is 0.212. The van der Waals surface area contributed by atoms with Crippen molar-refractivity contribution < 1.29 is 33.6 Å². The highest BCUT2D eigenvalue weighted by atomic mass is 35.5. The van der Waals surface area contributed by atoms with Gasteiger partial charge in [-0.25, -0.2) is 14.6 Å². The molecule has 2 bridgehead atoms. The van der Waals surface area contributed by atoms with Gasteiger partial charge < -0.3 is 24.4 Å². The van der Waals surface area contributed by atoms with Gasteiger partial charge in [0.2, 0.25) is 11.7 Å². The molecule has 42 heavy (non-hydrogen) atoms. The highest BCUT2D eigenvalue weighted by Crippen LogP contribution is 2.60. The second kappa shape index (κ2) is 13.2. The molecule has 6 rings (SSSR count). The Kier molecular flexibility index (Phi) is 9.97. The molecule has 234 valence electrons. The first-order valence-electron chi connectivity index (χ1n) is 15.2. The largest absolute Gasteiger partial charge is 0.467 e. The van der Waals surface area contributed by atoms with E-state index >= 15 is 0 Å². The van der Waals surface area contributed by atoms with E-state index in [0.29, 0.717) is 37.2 Å². The minimum atomic E-state index is -0.874. The molecule has 9 atom stereocenters. The standard InChI is InChI=1S/C31H44Cl2N2O7/c1-19-5-10-24-20(2)26(39-29-31(24)23(19)11-12-30(3,40-29)41-42-31)18-27(36)34-25(28(37)38-4)17-21-6-8-22(9-7-21)35(15-13-32)16-14-33/h6-9,19-20,23-26,29H,5,10-18H2,1-4H3,(H,34,36)/t19-,20-,23?,24+,25+,26-,29-,30?,31?/m1/s1. The molecule has 0 radical (unpaired) electrons. The molecule has 0 aromatic heterocycles. The summed E-state index contributed by atoms with van der Waals surface area (Å²) in [4.78, 5) is 40.3. The third kappa shape index (κ3) is 6.15. The summed E-state index contributed by atoms with van der Waals surface area (Å²) in [5, 5.41) is 2.91. The molecule has 1 aliphatic carbocycles. The van der Waals surface area contributed by atoms with Crippen LogP contribution in [-0.2, 0) is 40.0 Å². The van der Waals surface area contributed by atoms with Crippen LogP contribution in [0.15, 0.2) is 24.3 Å². The summed E-state index contributed by atoms with van der Waals surface area (Å²) in [6.45, 7) is 7.65. The number of benzene rings is 1. The molecule has 1 saturated carbocycles. The van der Waals surface area contributed by atoms with Crippen molar-refractivity contribution in [3.63, 3.8) is 0 Å². The Labute approximate surface area is 258 Å². The summed E-state index contributed by atoms with van der Waals surface area (Å²) in [7, 11) is 1.33. The van der Waals surface area contributed by atoms with Crippen LogP contribution in [0.2, 0.25) is 0 Å². The zero-order chi connectivity index (χ0) is 30.1. The van der Waals surface area contributed by atoms with Gasteiger partial charge in [0.1, 0.15) is 6.04 Å². The molecule has 4 heterocycles. The van der Waals surface area contributed by atoms with Crippen LogP contribution in [-0.4, -0.2) is 73.7 Å². The zero-order valence-electron chi connectivity index (χ0n) is 25.0. The SMILES string of the molecule is COC(=O)[C@H](Cc1ccc(N(CCCl)CCCl)cc1)NC(=O)C[C@H]1O[C@@H]2OC3(C)CCC4[C@H](C)CC[C@@H]([C@H]1C)C42OO3. The first-order valence-corrected chi connectivity index (χ1v) is 16.2. The summed E-state index contributed by atoms with van der Waals surface area (Å²) >= 11 is 11.9. The lowest BCUT2D eigenvalue weighted by atomic mass is 9.57. The second-order valence-electron chi connectivity index (χ2n) is 12.5. The van der Waals surface area contributed by atoms with Crippen LogP contribution in [0, 0.1) is 23.7 Å². The molecule has 5 fully saturated rings. The van der Waals surface area contributed by atoms with E-state index in [0.717, 1.165) is 36.9 Å². The molecule has 1 aromatic carbocycles. The summed E-state index contributed by atoms with van der Waals surface area (Å²) in [5.74, 6) is 0.228. The molecular weight excluding hydrogens is 583 g/mol. The number of hydrogen-bond donors (Lipinski definition) is 1. The van der Waals surface area contributed by atoms with Crippen molar-refractivity contribution in [1.82, 2.24) is 5.32 Å². The summed E-state index contributed by atoms with van der Waals surface area (Å²) < 4.78 is 18.0. The van der Waals surface area contributed by atoms with Gasteiger partial charge in [-0.2, -0.15) is 0 Å². The van der Waals surface area contributed by atoms with E-state index in [2.05, 4.69) is 24.1 Å². The minimum absolute atomic E-state index is 0.0321. The first-order chi connectivity index (χ1) is 20.1. The Balaban J connectivity index is 1.26. The van der Waals surface area contributed by atoms with Crippen LogP contribution < -0.4 is 10.2 Å². The number of esters is 1. The van der Waals surface area contributed by atoms with Crippen molar-refractivity contribution in [2.75, 3.05) is 36.9 Å². The number of carbonyl (C=O) groups is 2. The smallest absolute Gasteiger partial charge is 0.328 e. The average Bonchev–Trinajstić information content (AvgIpc) is 3.21. The van der Waals surface area contributed by atoms with E-state index in [1.165, 1.54) is 7.11 Å². The van der Waals surface area contributed by atoms with Crippen molar-refractivity contribution in [1.29, 1.82) is 0 Å². The summed E-state index contributed by atoms with van der Waals surface area (Å²) in [6, 6.07) is 7.01. The molecule has 11 heteroatoms. The number of fused-ring (bicyclic) bond motifs is 2. The normalized spacial score (nSPS) is 36.0. The lowest BCUT2D eigenvalue weighted by molar-refractivity contribution is -0.570. The molecule has 1 aromatic rings. The maximum Gasteiger partial charge on any atom is 0.328 e. The summed E-state index contributed by atoms with van der Waals surface area (Å²) in [5.41, 5.74) is 1.21. The Morgan fingerprint density at radius 2 is 1.79 bits per heavy atom. The van der Waals surface area contributed by atoms with E-state index in [4.69, 9.17) is 47.2 Å². The monoisotopic (exact) mass is 626 g/mol. The molecular formula is C31H44Cl2N2O7. The number of methoxy groups -OCH3 is 1. The predicted molar refractivity (Wildman–Crippen MR) is 159 cm³/mol. The number of carbonyl (C=O) groups excluding carboxylic acids is 2. The van der Waals surface area contributed by atoms with Crippen LogP contribution in [0.25, 0.3) is 0 Å². The van der Waals surface area contributed by atoms with Crippen LogP contribution in [0.5, 0.6) is 0 Å². The number of rotatable bonds is 11. The van der Waals surface area contributed by atoms with Crippen LogP contribution in [0.1, 0.15) is 58.4 Å². The first kappa shape index (κ1) is 31.8. The van der Waals surface area contributed by atoms with Gasteiger partial charge in [-0.1, -0.05) is 26.0 Å². The molecule has 3 unspecified atom stereocenters. The van der Waals surface area contributed by atoms with Gasteiger partial charge in [0.25, 0.3) is 0 Å². The third-order valence-electron chi connectivity index (χ3n) is 9.95. The predicted octanol–water partition coefficient (Wildman–Crippen LogP) is 4.81. The second-order valence-corrected chi connectivity index (χ2v) is 13.3. The van der Waals surface area contributed by atoms with Gasteiger partial charge in [-0.3, -0.25) is 4.79 Å². The number of halogens is 2. The molecule has 5 aliphatic rings. The fourth-order valence-electron chi connectivity index (χ4n) is 7.64. The molecule has 1 amide bonds. The van der Waals surface area contributed by atoms with Crippen molar-refractivity contribution in [2.45, 2.75) is 89.1 Å². The Hall–Kier alpha value is -1.62. The van der Waals surface area contributed by atoms with E-state index in [9.17, 15) is 9.59 Å². The third-order valence-corrected chi connectivity index (χ3v) is 10.3. The van der Waals surface area contributed by atoms with E-state index in [1.807, 2.05) is 31.2 Å². The van der Waals surface area contributed by atoms with E-state index < -0.39 is 35.8 Å². The number of ether oxygens (including phenoxy) is 3. The Morgan fingerprint density at radius 3 is 2.45 bits per heavy atom. The highest BCUT2D eigenvalue weighted by Gasteiger charge is 2.69. The van der Waals surface area contributed by atoms with Crippen molar-refractivity contribution in [2.24, 2.45) is 23.7 Å². The van der Waals surface area contributed by atoms with Gasteiger partial charge in [-0.15, -0.1) is 23.2 Å². The molecule has 1 spiro atoms. The number of nitrogens with one attached hydrogen (secondary N) is 1. The lowest BCUT2D eigenvalue weighted by Gasteiger charge is -2.60. The highest BCUT2D eigenvalue weighted by molar-refractivity contribution is 6.18. The number of amides is 1. The van der Waals surface area contributed by atoms with Crippen LogP contribution in [0.4, 0.5) is 5.69 Å². The fourth-order valence-corrected chi connectivity index (χ4v) is 8.04. The van der Waals surface area contributed by atoms with Gasteiger partial charge in [0, 0.05) is 49.3 Å². The Morgan fingerprint density at radius 1 is 1.07 bits per heavy atom. The van der Waals surface area contributed by atoms with E-state index in [1.54, 1.807) is 0 Å². The molecule has 9 nitrogen and oxygen atoms in total. The molecule has 4 aliphatic heterocycles.